The SMILES string of the molecule is CC(C)(N)c1cc(Cl)c(Nc2nc3ccncc3c3cnccc23)c(Cl)c1. The zero-order valence-electron chi connectivity index (χ0n) is 14.8. The number of pyridine rings is 3. The maximum Gasteiger partial charge on any atom is 0.139 e. The Morgan fingerprint density at radius 2 is 1.56 bits per heavy atom. The molecule has 3 heterocycles. The fourth-order valence-corrected chi connectivity index (χ4v) is 3.55. The van der Waals surface area contributed by atoms with Crippen molar-refractivity contribution in [2.75, 3.05) is 5.32 Å². The van der Waals surface area contributed by atoms with E-state index in [4.69, 9.17) is 33.9 Å². The molecular formula is C20H17Cl2N5. The van der Waals surface area contributed by atoms with Crippen LogP contribution < -0.4 is 11.1 Å². The predicted octanol–water partition coefficient (Wildman–Crippen LogP) is 5.42. The van der Waals surface area contributed by atoms with Crippen LogP contribution in [0.5, 0.6) is 0 Å². The molecule has 136 valence electrons. The van der Waals surface area contributed by atoms with E-state index in [1.54, 1.807) is 24.8 Å². The van der Waals surface area contributed by atoms with E-state index < -0.39 is 5.54 Å². The van der Waals surface area contributed by atoms with E-state index in [0.29, 0.717) is 21.6 Å². The number of halogens is 2. The van der Waals surface area contributed by atoms with Gasteiger partial charge in [0.15, 0.2) is 0 Å². The average molecular weight is 398 g/mol. The largest absolute Gasteiger partial charge is 0.337 e. The summed E-state index contributed by atoms with van der Waals surface area (Å²) in [6, 6.07) is 7.40. The highest BCUT2D eigenvalue weighted by Crippen LogP contribution is 2.38. The Hall–Kier alpha value is -2.47. The molecule has 4 aromatic rings. The topological polar surface area (TPSA) is 76.7 Å². The Bertz CT molecular complexity index is 1150. The summed E-state index contributed by atoms with van der Waals surface area (Å²) < 4.78 is 0. The van der Waals surface area contributed by atoms with E-state index in [1.807, 2.05) is 38.1 Å². The molecule has 3 aromatic heterocycles. The Labute approximate surface area is 166 Å². The first kappa shape index (κ1) is 17.9. The van der Waals surface area contributed by atoms with Crippen molar-refractivity contribution in [2.45, 2.75) is 19.4 Å². The average Bonchev–Trinajstić information content (AvgIpc) is 2.63. The highest BCUT2D eigenvalue weighted by Gasteiger charge is 2.19. The minimum absolute atomic E-state index is 0.481. The summed E-state index contributed by atoms with van der Waals surface area (Å²) in [5.41, 5.74) is 7.88. The van der Waals surface area contributed by atoms with Gasteiger partial charge in [-0.15, -0.1) is 0 Å². The summed E-state index contributed by atoms with van der Waals surface area (Å²) in [7, 11) is 0. The molecule has 3 N–H and O–H groups in total. The van der Waals surface area contributed by atoms with Crippen molar-refractivity contribution in [3.05, 3.63) is 64.7 Å². The second-order valence-corrected chi connectivity index (χ2v) is 7.75. The zero-order valence-corrected chi connectivity index (χ0v) is 16.3. The normalized spacial score (nSPS) is 11.9. The van der Waals surface area contributed by atoms with E-state index in [2.05, 4.69) is 15.3 Å². The fraction of sp³-hybridized carbons (Fsp3) is 0.150. The molecule has 0 fully saturated rings. The first-order valence-corrected chi connectivity index (χ1v) is 9.13. The molecule has 0 saturated carbocycles. The van der Waals surface area contributed by atoms with Crippen LogP contribution in [0.3, 0.4) is 0 Å². The summed E-state index contributed by atoms with van der Waals surface area (Å²) in [5.74, 6) is 0.648. The van der Waals surface area contributed by atoms with Crippen LogP contribution in [0, 0.1) is 0 Å². The zero-order chi connectivity index (χ0) is 19.2. The number of nitrogens with zero attached hydrogens (tertiary/aromatic N) is 3. The van der Waals surface area contributed by atoms with E-state index >= 15 is 0 Å². The van der Waals surface area contributed by atoms with Crippen molar-refractivity contribution >= 4 is 56.4 Å². The summed E-state index contributed by atoms with van der Waals surface area (Å²) in [6.45, 7) is 3.81. The highest BCUT2D eigenvalue weighted by molar-refractivity contribution is 6.39. The molecule has 0 aliphatic heterocycles. The van der Waals surface area contributed by atoms with Crippen LogP contribution in [0.2, 0.25) is 10.0 Å². The van der Waals surface area contributed by atoms with Crippen LogP contribution in [0.1, 0.15) is 19.4 Å². The number of fused-ring (bicyclic) bond motifs is 3. The third-order valence-electron chi connectivity index (χ3n) is 4.43. The van der Waals surface area contributed by atoms with Gasteiger partial charge < -0.3 is 11.1 Å². The predicted molar refractivity (Wildman–Crippen MR) is 112 cm³/mol. The number of aromatic nitrogens is 3. The van der Waals surface area contributed by atoms with Crippen molar-refractivity contribution in [3.8, 4) is 0 Å². The molecule has 0 radical (unpaired) electrons. The summed E-state index contributed by atoms with van der Waals surface area (Å²) in [4.78, 5) is 13.2. The van der Waals surface area contributed by atoms with E-state index in [0.717, 1.165) is 27.2 Å². The number of nitrogens with two attached hydrogens (primary N) is 1. The van der Waals surface area contributed by atoms with Crippen molar-refractivity contribution in [3.63, 3.8) is 0 Å². The number of hydrogen-bond acceptors (Lipinski definition) is 5. The van der Waals surface area contributed by atoms with Gasteiger partial charge in [0, 0.05) is 46.5 Å². The van der Waals surface area contributed by atoms with Crippen molar-refractivity contribution in [2.24, 2.45) is 5.73 Å². The Morgan fingerprint density at radius 1 is 0.926 bits per heavy atom. The van der Waals surface area contributed by atoms with Gasteiger partial charge in [-0.25, -0.2) is 4.98 Å². The van der Waals surface area contributed by atoms with Crippen molar-refractivity contribution in [1.82, 2.24) is 15.0 Å². The van der Waals surface area contributed by atoms with Crippen LogP contribution in [0.25, 0.3) is 21.7 Å². The molecule has 7 heteroatoms. The van der Waals surface area contributed by atoms with Crippen LogP contribution in [0.4, 0.5) is 11.5 Å². The lowest BCUT2D eigenvalue weighted by Crippen LogP contribution is -2.28. The third-order valence-corrected chi connectivity index (χ3v) is 5.02. The molecule has 0 aliphatic carbocycles. The molecule has 5 nitrogen and oxygen atoms in total. The minimum Gasteiger partial charge on any atom is -0.337 e. The lowest BCUT2D eigenvalue weighted by molar-refractivity contribution is 0.554. The van der Waals surface area contributed by atoms with Gasteiger partial charge in [-0.2, -0.15) is 0 Å². The van der Waals surface area contributed by atoms with Gasteiger partial charge in [0.1, 0.15) is 5.82 Å². The minimum atomic E-state index is -0.543. The monoisotopic (exact) mass is 397 g/mol. The Balaban J connectivity index is 1.89. The second-order valence-electron chi connectivity index (χ2n) is 6.94. The van der Waals surface area contributed by atoms with Gasteiger partial charge in [0.2, 0.25) is 0 Å². The number of benzene rings is 1. The maximum atomic E-state index is 6.51. The van der Waals surface area contributed by atoms with Crippen LogP contribution >= 0.6 is 23.2 Å². The Kier molecular flexibility index (Phi) is 4.38. The smallest absolute Gasteiger partial charge is 0.139 e. The second kappa shape index (κ2) is 6.60. The van der Waals surface area contributed by atoms with Gasteiger partial charge in [-0.05, 0) is 43.7 Å². The molecule has 0 amide bonds. The van der Waals surface area contributed by atoms with Crippen LogP contribution in [-0.4, -0.2) is 15.0 Å². The lowest BCUT2D eigenvalue weighted by Gasteiger charge is -2.21. The molecule has 0 unspecified atom stereocenters. The molecule has 0 bridgehead atoms. The molecule has 0 atom stereocenters. The summed E-state index contributed by atoms with van der Waals surface area (Å²) >= 11 is 13.0. The molecule has 0 spiro atoms. The lowest BCUT2D eigenvalue weighted by atomic mass is 9.95. The number of anilines is 2. The fourth-order valence-electron chi connectivity index (χ4n) is 2.97. The first-order chi connectivity index (χ1) is 12.8. The summed E-state index contributed by atoms with van der Waals surface area (Å²) in [5, 5.41) is 7.04. The molecule has 0 aliphatic rings. The van der Waals surface area contributed by atoms with Crippen LogP contribution in [0.15, 0.2) is 49.1 Å². The van der Waals surface area contributed by atoms with Crippen molar-refractivity contribution in [1.29, 1.82) is 0 Å². The van der Waals surface area contributed by atoms with Gasteiger partial charge in [0.05, 0.1) is 21.2 Å². The Morgan fingerprint density at radius 3 is 2.22 bits per heavy atom. The van der Waals surface area contributed by atoms with E-state index in [9.17, 15) is 0 Å². The number of rotatable bonds is 3. The first-order valence-electron chi connectivity index (χ1n) is 8.37. The number of hydrogen-bond donors (Lipinski definition) is 2. The van der Waals surface area contributed by atoms with E-state index in [1.165, 1.54) is 0 Å². The third kappa shape index (κ3) is 3.30. The molecule has 4 rings (SSSR count). The molecule has 1 aromatic carbocycles. The maximum absolute atomic E-state index is 6.51. The van der Waals surface area contributed by atoms with Gasteiger partial charge in [-0.3, -0.25) is 9.97 Å². The molecule has 0 saturated heterocycles. The van der Waals surface area contributed by atoms with Crippen LogP contribution in [-0.2, 0) is 5.54 Å². The van der Waals surface area contributed by atoms with E-state index in [-0.39, 0.29) is 0 Å². The molecular weight excluding hydrogens is 381 g/mol. The standard InChI is InChI=1S/C20H17Cl2N5/c1-20(2,23)11-7-15(21)18(16(22)8-11)27-19-12-3-5-24-9-13(12)14-10-25-6-4-17(14)26-19/h3-10H,23H2,1-2H3,(H,26,27). The summed E-state index contributed by atoms with van der Waals surface area (Å²) in [6.07, 6.45) is 7.02. The number of nitrogens with one attached hydrogen (secondary N) is 1. The van der Waals surface area contributed by atoms with Gasteiger partial charge in [0.25, 0.3) is 0 Å². The van der Waals surface area contributed by atoms with Gasteiger partial charge in [-0.1, -0.05) is 23.2 Å². The van der Waals surface area contributed by atoms with Gasteiger partial charge >= 0.3 is 0 Å². The highest BCUT2D eigenvalue weighted by atomic mass is 35.5. The molecule has 27 heavy (non-hydrogen) atoms. The quantitative estimate of drug-likeness (QED) is 0.451. The van der Waals surface area contributed by atoms with Crippen molar-refractivity contribution < 1.29 is 0 Å².